The number of carbonyl (C=O) groups is 2. The van der Waals surface area contributed by atoms with E-state index in [1.165, 1.54) is 6.42 Å². The molecule has 1 saturated carbocycles. The number of hydrogen-bond acceptors (Lipinski definition) is 3. The number of hydrogen-bond donors (Lipinski definition) is 2. The Morgan fingerprint density at radius 1 is 1.29 bits per heavy atom. The topological polar surface area (TPSA) is 84.2 Å². The summed E-state index contributed by atoms with van der Waals surface area (Å²) in [6.45, 7) is 12.1. The molecule has 0 aliphatic heterocycles. The van der Waals surface area contributed by atoms with Crippen LogP contribution < -0.4 is 5.32 Å². The lowest BCUT2D eigenvalue weighted by Gasteiger charge is -2.24. The van der Waals surface area contributed by atoms with Crippen molar-refractivity contribution >= 4 is 11.9 Å². The third kappa shape index (κ3) is 5.06. The van der Waals surface area contributed by atoms with Gasteiger partial charge in [-0.1, -0.05) is 26.8 Å². The minimum absolute atomic E-state index is 0.0910. The molecule has 3 unspecified atom stereocenters. The van der Waals surface area contributed by atoms with Crippen LogP contribution in [0.3, 0.4) is 0 Å². The Balaban J connectivity index is 1.83. The van der Waals surface area contributed by atoms with E-state index in [-0.39, 0.29) is 22.9 Å². The Morgan fingerprint density at radius 3 is 2.55 bits per heavy atom. The first-order valence-corrected chi connectivity index (χ1v) is 11.0. The van der Waals surface area contributed by atoms with Gasteiger partial charge in [0.2, 0.25) is 0 Å². The maximum Gasteiger partial charge on any atom is 0.335 e. The number of carbonyl (C=O) groups excluding carboxylic acids is 1. The molecule has 1 aromatic carbocycles. The fraction of sp³-hybridized carbons (Fsp3) is 0.480. The number of carboxylic acid groups (broad SMARTS) is 1. The predicted molar refractivity (Wildman–Crippen MR) is 122 cm³/mol. The van der Waals surface area contributed by atoms with Crippen molar-refractivity contribution in [1.82, 2.24) is 15.1 Å². The summed E-state index contributed by atoms with van der Waals surface area (Å²) in [4.78, 5) is 24.4. The van der Waals surface area contributed by atoms with Crippen molar-refractivity contribution in [2.45, 2.75) is 64.8 Å². The molecule has 6 heteroatoms. The van der Waals surface area contributed by atoms with Crippen LogP contribution in [0.4, 0.5) is 0 Å². The van der Waals surface area contributed by atoms with Crippen molar-refractivity contribution < 1.29 is 14.7 Å². The molecule has 6 nitrogen and oxygen atoms in total. The SMILES string of the molecule is C=CCC1CCC(C(C)NC(=O)c2cnn(-c3ccc(C(=O)O)cc3)c2C(C)(C)C)C1. The summed E-state index contributed by atoms with van der Waals surface area (Å²) >= 11 is 0. The molecule has 0 spiro atoms. The van der Waals surface area contributed by atoms with Gasteiger partial charge in [-0.25, -0.2) is 9.48 Å². The van der Waals surface area contributed by atoms with Crippen LogP contribution in [-0.4, -0.2) is 32.8 Å². The highest BCUT2D eigenvalue weighted by molar-refractivity contribution is 5.96. The minimum atomic E-state index is -0.973. The highest BCUT2D eigenvalue weighted by Crippen LogP contribution is 2.35. The monoisotopic (exact) mass is 423 g/mol. The molecule has 0 saturated heterocycles. The fourth-order valence-electron chi connectivity index (χ4n) is 4.60. The largest absolute Gasteiger partial charge is 0.478 e. The molecule has 1 aliphatic rings. The second-order valence-corrected chi connectivity index (χ2v) is 9.65. The summed E-state index contributed by atoms with van der Waals surface area (Å²) in [5.41, 5.74) is 1.97. The van der Waals surface area contributed by atoms with Crippen LogP contribution in [0.25, 0.3) is 5.69 Å². The number of allylic oxidation sites excluding steroid dienone is 1. The first kappa shape index (κ1) is 22.8. The van der Waals surface area contributed by atoms with Gasteiger partial charge >= 0.3 is 5.97 Å². The van der Waals surface area contributed by atoms with Gasteiger partial charge in [-0.2, -0.15) is 5.10 Å². The minimum Gasteiger partial charge on any atom is -0.478 e. The van der Waals surface area contributed by atoms with E-state index in [4.69, 9.17) is 5.11 Å². The molecular formula is C25H33N3O3. The van der Waals surface area contributed by atoms with Gasteiger partial charge in [0.15, 0.2) is 0 Å². The quantitative estimate of drug-likeness (QED) is 0.615. The molecule has 3 atom stereocenters. The zero-order valence-electron chi connectivity index (χ0n) is 18.9. The number of amides is 1. The van der Waals surface area contributed by atoms with Gasteiger partial charge in [0.25, 0.3) is 5.91 Å². The first-order chi connectivity index (χ1) is 14.6. The van der Waals surface area contributed by atoms with Crippen molar-refractivity contribution in [3.63, 3.8) is 0 Å². The average Bonchev–Trinajstić information content (AvgIpc) is 3.35. The standard InChI is InChI=1S/C25H33N3O3/c1-6-7-17-8-9-19(14-17)16(2)27-23(29)21-15-26-28(22(21)25(3,4)5)20-12-10-18(11-13-20)24(30)31/h6,10-13,15-17,19H,1,7-9,14H2,2-5H3,(H,27,29)(H,30,31). The molecule has 31 heavy (non-hydrogen) atoms. The first-order valence-electron chi connectivity index (χ1n) is 11.0. The molecule has 1 amide bonds. The van der Waals surface area contributed by atoms with Crippen LogP contribution in [0, 0.1) is 11.8 Å². The normalized spacial score (nSPS) is 19.7. The van der Waals surface area contributed by atoms with Crippen molar-refractivity contribution in [3.05, 3.63) is 59.9 Å². The molecule has 2 N–H and O–H groups in total. The van der Waals surface area contributed by atoms with Crippen LogP contribution in [-0.2, 0) is 5.41 Å². The van der Waals surface area contributed by atoms with Crippen LogP contribution in [0.5, 0.6) is 0 Å². The Hall–Kier alpha value is -2.89. The zero-order chi connectivity index (χ0) is 22.8. The number of nitrogens with zero attached hydrogens (tertiary/aromatic N) is 2. The Labute approximate surface area is 184 Å². The highest BCUT2D eigenvalue weighted by atomic mass is 16.4. The molecule has 1 fully saturated rings. The number of benzene rings is 1. The summed E-state index contributed by atoms with van der Waals surface area (Å²) in [5.74, 6) is 0.0615. The lowest BCUT2D eigenvalue weighted by atomic mass is 9.88. The van der Waals surface area contributed by atoms with Gasteiger partial charge in [-0.05, 0) is 68.7 Å². The van der Waals surface area contributed by atoms with E-state index in [1.54, 1.807) is 35.1 Å². The molecule has 0 bridgehead atoms. The van der Waals surface area contributed by atoms with Crippen molar-refractivity contribution in [2.24, 2.45) is 11.8 Å². The van der Waals surface area contributed by atoms with Gasteiger partial charge in [0.05, 0.1) is 28.7 Å². The Morgan fingerprint density at radius 2 is 1.97 bits per heavy atom. The number of nitrogens with one attached hydrogen (secondary N) is 1. The molecule has 0 radical (unpaired) electrons. The summed E-state index contributed by atoms with van der Waals surface area (Å²) in [7, 11) is 0. The summed E-state index contributed by atoms with van der Waals surface area (Å²) in [6.07, 6.45) is 8.08. The molecule has 1 aliphatic carbocycles. The van der Waals surface area contributed by atoms with E-state index >= 15 is 0 Å². The fourth-order valence-corrected chi connectivity index (χ4v) is 4.60. The highest BCUT2D eigenvalue weighted by Gasteiger charge is 2.32. The Bertz CT molecular complexity index is 953. The molecule has 166 valence electrons. The third-order valence-electron chi connectivity index (χ3n) is 6.23. The maximum atomic E-state index is 13.2. The van der Waals surface area contributed by atoms with Gasteiger partial charge in [-0.3, -0.25) is 4.79 Å². The number of rotatable bonds is 7. The zero-order valence-corrected chi connectivity index (χ0v) is 18.9. The molecule has 1 aromatic heterocycles. The van der Waals surface area contributed by atoms with Crippen molar-refractivity contribution in [1.29, 1.82) is 0 Å². The molecule has 2 aromatic rings. The summed E-state index contributed by atoms with van der Waals surface area (Å²) in [5, 5.41) is 16.8. The number of aromatic nitrogens is 2. The second-order valence-electron chi connectivity index (χ2n) is 9.65. The molecule has 3 rings (SSSR count). The van der Waals surface area contributed by atoms with E-state index in [0.717, 1.165) is 30.6 Å². The van der Waals surface area contributed by atoms with E-state index < -0.39 is 5.97 Å². The number of aromatic carboxylic acids is 1. The summed E-state index contributed by atoms with van der Waals surface area (Å²) < 4.78 is 1.74. The predicted octanol–water partition coefficient (Wildman–Crippen LogP) is 4.98. The van der Waals surface area contributed by atoms with Gasteiger partial charge < -0.3 is 10.4 Å². The van der Waals surface area contributed by atoms with Gasteiger partial charge in [0, 0.05) is 11.5 Å². The smallest absolute Gasteiger partial charge is 0.335 e. The van der Waals surface area contributed by atoms with Crippen LogP contribution in [0.2, 0.25) is 0 Å². The lowest BCUT2D eigenvalue weighted by Crippen LogP contribution is -2.38. The summed E-state index contributed by atoms with van der Waals surface area (Å²) in [6, 6.07) is 6.62. The average molecular weight is 424 g/mol. The van der Waals surface area contributed by atoms with E-state index in [9.17, 15) is 9.59 Å². The van der Waals surface area contributed by atoms with E-state index in [0.29, 0.717) is 17.4 Å². The maximum absolute atomic E-state index is 13.2. The number of carboxylic acids is 1. The van der Waals surface area contributed by atoms with E-state index in [2.05, 4.69) is 23.9 Å². The van der Waals surface area contributed by atoms with Gasteiger partial charge in [-0.15, -0.1) is 6.58 Å². The van der Waals surface area contributed by atoms with Gasteiger partial charge in [0.1, 0.15) is 0 Å². The van der Waals surface area contributed by atoms with Crippen LogP contribution in [0.15, 0.2) is 43.1 Å². The molecular weight excluding hydrogens is 390 g/mol. The van der Waals surface area contributed by atoms with Crippen LogP contribution in [0.1, 0.15) is 79.8 Å². The Kier molecular flexibility index (Phi) is 6.68. The van der Waals surface area contributed by atoms with Crippen molar-refractivity contribution in [2.75, 3.05) is 0 Å². The second kappa shape index (κ2) is 9.08. The van der Waals surface area contributed by atoms with Crippen LogP contribution >= 0.6 is 0 Å². The molecule has 1 heterocycles. The van der Waals surface area contributed by atoms with Crippen molar-refractivity contribution in [3.8, 4) is 5.69 Å². The lowest BCUT2D eigenvalue weighted by molar-refractivity contribution is 0.0696. The van der Waals surface area contributed by atoms with E-state index in [1.807, 2.05) is 26.8 Å². The third-order valence-corrected chi connectivity index (χ3v) is 6.23.